The lowest BCUT2D eigenvalue weighted by Gasteiger charge is -2.16. The van der Waals surface area contributed by atoms with Crippen LogP contribution in [0.2, 0.25) is 0 Å². The Bertz CT molecular complexity index is 491. The number of halogens is 6. The second-order valence-corrected chi connectivity index (χ2v) is 4.45. The summed E-state index contributed by atoms with van der Waals surface area (Å²) in [6.07, 6.45) is -10.2. The second kappa shape index (κ2) is 5.92. The third kappa shape index (κ3) is 4.62. The van der Waals surface area contributed by atoms with Crippen molar-refractivity contribution < 1.29 is 31.1 Å². The van der Waals surface area contributed by atoms with E-state index in [0.29, 0.717) is 12.1 Å². The fourth-order valence-electron chi connectivity index (χ4n) is 1.72. The number of rotatable bonds is 4. The van der Waals surface area contributed by atoms with Gasteiger partial charge in [-0.05, 0) is 30.2 Å². The Kier molecular flexibility index (Phi) is 4.87. The maximum Gasteiger partial charge on any atom is 0.416 e. The second-order valence-electron chi connectivity index (χ2n) is 4.45. The molecule has 0 heterocycles. The van der Waals surface area contributed by atoms with Crippen LogP contribution in [0.25, 0.3) is 0 Å². The summed E-state index contributed by atoms with van der Waals surface area (Å²) in [4.78, 5) is 11.0. The van der Waals surface area contributed by atoms with Crippen molar-refractivity contribution in [3.05, 3.63) is 34.9 Å². The molecular formula is C12H12F6N2O. The molecule has 0 spiro atoms. The molecule has 1 atom stereocenters. The predicted molar refractivity (Wildman–Crippen MR) is 61.9 cm³/mol. The van der Waals surface area contributed by atoms with Crippen molar-refractivity contribution in [1.29, 1.82) is 0 Å². The highest BCUT2D eigenvalue weighted by Gasteiger charge is 2.37. The maximum atomic E-state index is 12.6. The molecule has 3 nitrogen and oxygen atoms in total. The van der Waals surface area contributed by atoms with Crippen LogP contribution in [0.15, 0.2) is 18.2 Å². The SMILES string of the molecule is NCC(Cc1cc(C(F)(F)F)cc(C(F)(F)F)c1)C(N)=O. The Morgan fingerprint density at radius 3 is 1.71 bits per heavy atom. The fraction of sp³-hybridized carbons (Fsp3) is 0.417. The van der Waals surface area contributed by atoms with E-state index < -0.39 is 41.7 Å². The van der Waals surface area contributed by atoms with Crippen LogP contribution in [0.3, 0.4) is 0 Å². The van der Waals surface area contributed by atoms with Gasteiger partial charge < -0.3 is 11.5 Å². The van der Waals surface area contributed by atoms with Crippen LogP contribution in [0.1, 0.15) is 16.7 Å². The minimum atomic E-state index is -4.93. The first-order valence-electron chi connectivity index (χ1n) is 5.73. The van der Waals surface area contributed by atoms with Gasteiger partial charge in [-0.15, -0.1) is 0 Å². The lowest BCUT2D eigenvalue weighted by molar-refractivity contribution is -0.143. The van der Waals surface area contributed by atoms with E-state index in [4.69, 9.17) is 11.5 Å². The molecule has 1 rings (SSSR count). The van der Waals surface area contributed by atoms with E-state index in [0.717, 1.165) is 0 Å². The van der Waals surface area contributed by atoms with Crippen molar-refractivity contribution in [3.63, 3.8) is 0 Å². The Hall–Kier alpha value is -1.77. The van der Waals surface area contributed by atoms with Crippen molar-refractivity contribution in [3.8, 4) is 0 Å². The van der Waals surface area contributed by atoms with Crippen molar-refractivity contribution >= 4 is 5.91 Å². The number of nitrogens with two attached hydrogens (primary N) is 2. The molecule has 0 aliphatic heterocycles. The molecule has 1 aromatic carbocycles. The van der Waals surface area contributed by atoms with Crippen LogP contribution in [0.4, 0.5) is 26.3 Å². The van der Waals surface area contributed by atoms with Crippen LogP contribution in [-0.4, -0.2) is 12.5 Å². The topological polar surface area (TPSA) is 69.1 Å². The zero-order valence-electron chi connectivity index (χ0n) is 10.6. The van der Waals surface area contributed by atoms with Crippen molar-refractivity contribution in [2.75, 3.05) is 6.54 Å². The summed E-state index contributed by atoms with van der Waals surface area (Å²) < 4.78 is 75.8. The summed E-state index contributed by atoms with van der Waals surface area (Å²) in [7, 11) is 0. The molecule has 0 radical (unpaired) electrons. The van der Waals surface area contributed by atoms with Crippen LogP contribution < -0.4 is 11.5 Å². The largest absolute Gasteiger partial charge is 0.416 e. The summed E-state index contributed by atoms with van der Waals surface area (Å²) in [5.74, 6) is -1.92. The van der Waals surface area contributed by atoms with Gasteiger partial charge in [-0.1, -0.05) is 0 Å². The molecular weight excluding hydrogens is 302 g/mol. The Morgan fingerprint density at radius 1 is 1.00 bits per heavy atom. The number of hydrogen-bond acceptors (Lipinski definition) is 2. The number of amides is 1. The molecule has 0 bridgehead atoms. The number of alkyl halides is 6. The number of carbonyl (C=O) groups is 1. The third-order valence-corrected chi connectivity index (χ3v) is 2.82. The van der Waals surface area contributed by atoms with E-state index in [9.17, 15) is 31.1 Å². The van der Waals surface area contributed by atoms with Crippen LogP contribution in [0.5, 0.6) is 0 Å². The molecule has 4 N–H and O–H groups in total. The first-order valence-corrected chi connectivity index (χ1v) is 5.73. The lowest BCUT2D eigenvalue weighted by Crippen LogP contribution is -2.31. The van der Waals surface area contributed by atoms with Gasteiger partial charge in [0, 0.05) is 6.54 Å². The molecule has 0 aliphatic carbocycles. The van der Waals surface area contributed by atoms with E-state index in [1.54, 1.807) is 0 Å². The molecule has 1 unspecified atom stereocenters. The summed E-state index contributed by atoms with van der Waals surface area (Å²) in [6, 6.07) is 1.13. The Balaban J connectivity index is 3.29. The minimum Gasteiger partial charge on any atom is -0.369 e. The first kappa shape index (κ1) is 17.3. The van der Waals surface area contributed by atoms with Crippen molar-refractivity contribution in [2.45, 2.75) is 18.8 Å². The number of benzene rings is 1. The highest BCUT2D eigenvalue weighted by molar-refractivity contribution is 5.77. The predicted octanol–water partition coefficient (Wildman–Crippen LogP) is 2.33. The molecule has 0 saturated carbocycles. The normalized spacial score (nSPS) is 14.0. The summed E-state index contributed by atoms with van der Waals surface area (Å²) in [5.41, 5.74) is 7.03. The monoisotopic (exact) mass is 314 g/mol. The molecule has 1 amide bonds. The smallest absolute Gasteiger partial charge is 0.369 e. The van der Waals surface area contributed by atoms with E-state index >= 15 is 0 Å². The van der Waals surface area contributed by atoms with E-state index in [1.807, 2.05) is 0 Å². The van der Waals surface area contributed by atoms with Crippen LogP contribution in [-0.2, 0) is 23.6 Å². The number of primary amides is 1. The van der Waals surface area contributed by atoms with E-state index in [2.05, 4.69) is 0 Å². The average molecular weight is 314 g/mol. The zero-order chi connectivity index (χ0) is 16.4. The molecule has 9 heteroatoms. The molecule has 1 aromatic rings. The van der Waals surface area contributed by atoms with Gasteiger partial charge in [0.25, 0.3) is 0 Å². The van der Waals surface area contributed by atoms with Crippen LogP contribution in [0, 0.1) is 5.92 Å². The molecule has 0 saturated heterocycles. The minimum absolute atomic E-state index is 0.0191. The third-order valence-electron chi connectivity index (χ3n) is 2.82. The molecule has 0 aliphatic rings. The van der Waals surface area contributed by atoms with Gasteiger partial charge in [0.15, 0.2) is 0 Å². The quantitative estimate of drug-likeness (QED) is 0.838. The van der Waals surface area contributed by atoms with Crippen LogP contribution >= 0.6 is 0 Å². The van der Waals surface area contributed by atoms with Gasteiger partial charge in [0.05, 0.1) is 17.0 Å². The standard InChI is InChI=1S/C12H12F6N2O/c13-11(14,15)8-2-6(1-7(5-19)10(20)21)3-9(4-8)12(16,17)18/h2-4,7H,1,5,19H2,(H2,20,21). The van der Waals surface area contributed by atoms with Gasteiger partial charge in [-0.3, -0.25) is 4.79 Å². The zero-order valence-corrected chi connectivity index (χ0v) is 10.6. The number of carbonyl (C=O) groups excluding carboxylic acids is 1. The number of hydrogen-bond donors (Lipinski definition) is 2. The summed E-state index contributed by atoms with van der Waals surface area (Å²) in [6.45, 7) is -0.271. The Labute approximate surface area is 115 Å². The van der Waals surface area contributed by atoms with E-state index in [-0.39, 0.29) is 18.2 Å². The van der Waals surface area contributed by atoms with Gasteiger partial charge >= 0.3 is 12.4 Å². The van der Waals surface area contributed by atoms with Crippen molar-refractivity contribution in [2.24, 2.45) is 17.4 Å². The molecule has 21 heavy (non-hydrogen) atoms. The highest BCUT2D eigenvalue weighted by Crippen LogP contribution is 2.36. The molecule has 0 fully saturated rings. The van der Waals surface area contributed by atoms with Gasteiger partial charge in [0.1, 0.15) is 0 Å². The average Bonchev–Trinajstić information content (AvgIpc) is 2.33. The Morgan fingerprint density at radius 2 is 1.43 bits per heavy atom. The fourth-order valence-corrected chi connectivity index (χ4v) is 1.72. The first-order chi connectivity index (χ1) is 9.45. The van der Waals surface area contributed by atoms with Gasteiger partial charge in [-0.2, -0.15) is 26.3 Å². The lowest BCUT2D eigenvalue weighted by atomic mass is 9.95. The molecule has 118 valence electrons. The summed E-state index contributed by atoms with van der Waals surface area (Å²) >= 11 is 0. The highest BCUT2D eigenvalue weighted by atomic mass is 19.4. The summed E-state index contributed by atoms with van der Waals surface area (Å²) in [5, 5.41) is 0. The van der Waals surface area contributed by atoms with Gasteiger partial charge in [-0.25, -0.2) is 0 Å². The van der Waals surface area contributed by atoms with Crippen molar-refractivity contribution in [1.82, 2.24) is 0 Å². The molecule has 0 aromatic heterocycles. The maximum absolute atomic E-state index is 12.6. The van der Waals surface area contributed by atoms with Gasteiger partial charge in [0.2, 0.25) is 5.91 Å². The van der Waals surface area contributed by atoms with E-state index in [1.165, 1.54) is 0 Å².